The molecule has 0 radical (unpaired) electrons. The van der Waals surface area contributed by atoms with Crippen LogP contribution in [0.15, 0.2) is 30.5 Å². The summed E-state index contributed by atoms with van der Waals surface area (Å²) in [7, 11) is 3.29. The Bertz CT molecular complexity index is 1560. The highest BCUT2D eigenvalue weighted by Crippen LogP contribution is 2.64. The van der Waals surface area contributed by atoms with Gasteiger partial charge in [-0.3, -0.25) is 19.7 Å². The zero-order valence-electron chi connectivity index (χ0n) is 27.1. The van der Waals surface area contributed by atoms with Crippen LogP contribution in [0.4, 0.5) is 10.1 Å². The highest BCUT2D eigenvalue weighted by atomic mass is 35.5. The lowest BCUT2D eigenvalue weighted by atomic mass is 9.53. The van der Waals surface area contributed by atoms with Crippen molar-refractivity contribution in [2.24, 2.45) is 5.41 Å². The number of carbonyl (C=O) groups is 3. The highest BCUT2D eigenvalue weighted by molar-refractivity contribution is 6.31. The molecule has 1 aromatic heterocycles. The molecule has 0 bridgehead atoms. The van der Waals surface area contributed by atoms with E-state index in [-0.39, 0.29) is 46.5 Å². The molecular formula is C34H42Cl2FN5O5. The van der Waals surface area contributed by atoms with Gasteiger partial charge in [0.1, 0.15) is 11.5 Å². The van der Waals surface area contributed by atoms with Crippen molar-refractivity contribution in [1.82, 2.24) is 20.5 Å². The predicted molar refractivity (Wildman–Crippen MR) is 176 cm³/mol. The number of nitrogens with one attached hydrogen (secondary N) is 3. The summed E-state index contributed by atoms with van der Waals surface area (Å²) in [6, 6.07) is 5.38. The molecule has 3 N–H and O–H groups in total. The van der Waals surface area contributed by atoms with E-state index >= 15 is 4.39 Å². The van der Waals surface area contributed by atoms with Gasteiger partial charge in [0.25, 0.3) is 5.91 Å². The monoisotopic (exact) mass is 689 g/mol. The molecule has 47 heavy (non-hydrogen) atoms. The van der Waals surface area contributed by atoms with E-state index in [1.54, 1.807) is 31.2 Å². The van der Waals surface area contributed by atoms with Crippen LogP contribution in [0.1, 0.15) is 69.4 Å². The van der Waals surface area contributed by atoms with Gasteiger partial charge in [0.15, 0.2) is 11.0 Å². The smallest absolute Gasteiger partial charge is 0.251 e. The van der Waals surface area contributed by atoms with Gasteiger partial charge in [-0.05, 0) is 73.3 Å². The average molecular weight is 691 g/mol. The van der Waals surface area contributed by atoms with E-state index in [2.05, 4.69) is 34.8 Å². The summed E-state index contributed by atoms with van der Waals surface area (Å²) < 4.78 is 27.1. The molecular weight excluding hydrogens is 648 g/mol. The van der Waals surface area contributed by atoms with Crippen molar-refractivity contribution in [3.05, 3.63) is 57.6 Å². The molecule has 3 aliphatic heterocycles. The lowest BCUT2D eigenvalue weighted by Crippen LogP contribution is -2.61. The SMILES string of the molecule is COCCN(C)C(=O)[C@@H]1CC[C@@H](NC(=O)[C@@H]2NC3(CCC(C)(C)CC3)[C@@]3(C(=O)Nc4cc(Cl)ccc43)[C@H]2c2ccnc(Cl)c2F)CO1. The van der Waals surface area contributed by atoms with Crippen molar-refractivity contribution in [2.75, 3.05) is 39.2 Å². The van der Waals surface area contributed by atoms with Crippen LogP contribution < -0.4 is 16.0 Å². The fraction of sp³-hybridized carbons (Fsp3) is 0.588. The molecule has 1 aliphatic carbocycles. The number of hydrogen-bond donors (Lipinski definition) is 3. The number of anilines is 1. The number of methoxy groups -OCH3 is 1. The summed E-state index contributed by atoms with van der Waals surface area (Å²) in [4.78, 5) is 47.4. The number of hydrogen-bond acceptors (Lipinski definition) is 7. The van der Waals surface area contributed by atoms with Crippen molar-refractivity contribution in [3.8, 4) is 0 Å². The molecule has 6 rings (SSSR count). The first-order chi connectivity index (χ1) is 22.3. The number of likely N-dealkylation sites (N-methyl/N-ethyl adjacent to an activating group) is 1. The number of pyridine rings is 1. The maximum atomic E-state index is 16.1. The van der Waals surface area contributed by atoms with Crippen molar-refractivity contribution in [2.45, 2.75) is 87.4 Å². The van der Waals surface area contributed by atoms with Gasteiger partial charge in [0.05, 0.1) is 25.3 Å². The van der Waals surface area contributed by atoms with Gasteiger partial charge in [0, 0.05) is 49.1 Å². The molecule has 4 aliphatic rings. The third kappa shape index (κ3) is 5.82. The summed E-state index contributed by atoms with van der Waals surface area (Å²) in [6.45, 7) is 5.40. The standard InChI is InChI=1S/C34H42Cl2FN5O5/c1-32(2)10-12-33(13-11-32)34(22-7-5-19(35)17-23(22)40-31(34)45)25(21-9-14-38-28(36)26(21)37)27(41-33)29(43)39-20-6-8-24(47-18-20)30(44)42(3)15-16-46-4/h5,7,9,14,17,20,24-25,27,41H,6,8,10-13,15-16,18H2,1-4H3,(H,39,43)(H,40,45)/t20-,24+,25+,27-,34-/m1/s1. The van der Waals surface area contributed by atoms with E-state index in [1.165, 1.54) is 12.3 Å². The molecule has 3 fully saturated rings. The molecule has 4 heterocycles. The minimum absolute atomic E-state index is 0.0259. The van der Waals surface area contributed by atoms with Gasteiger partial charge in [0.2, 0.25) is 11.8 Å². The van der Waals surface area contributed by atoms with Crippen LogP contribution in [0.3, 0.4) is 0 Å². The van der Waals surface area contributed by atoms with Crippen LogP contribution in [-0.2, 0) is 29.3 Å². The van der Waals surface area contributed by atoms with E-state index in [4.69, 9.17) is 32.7 Å². The number of nitrogens with zero attached hydrogens (tertiary/aromatic N) is 2. The minimum atomic E-state index is -1.36. The molecule has 10 nitrogen and oxygen atoms in total. The number of rotatable bonds is 7. The van der Waals surface area contributed by atoms with Crippen molar-refractivity contribution < 1.29 is 28.2 Å². The number of amides is 3. The molecule has 254 valence electrons. The van der Waals surface area contributed by atoms with Crippen LogP contribution in [-0.4, -0.2) is 85.2 Å². The van der Waals surface area contributed by atoms with E-state index in [0.717, 1.165) is 12.8 Å². The van der Waals surface area contributed by atoms with Gasteiger partial charge in [-0.1, -0.05) is 43.1 Å². The van der Waals surface area contributed by atoms with Crippen molar-refractivity contribution in [3.63, 3.8) is 0 Å². The molecule has 2 aromatic rings. The van der Waals surface area contributed by atoms with Crippen LogP contribution >= 0.6 is 23.2 Å². The first-order valence-electron chi connectivity index (χ1n) is 16.2. The number of halogens is 3. The largest absolute Gasteiger partial charge is 0.383 e. The summed E-state index contributed by atoms with van der Waals surface area (Å²) in [5.41, 5.74) is -0.850. The number of fused-ring (bicyclic) bond motifs is 3. The zero-order chi connectivity index (χ0) is 33.7. The topological polar surface area (TPSA) is 122 Å². The Morgan fingerprint density at radius 1 is 1.17 bits per heavy atom. The lowest BCUT2D eigenvalue weighted by molar-refractivity contribution is -0.147. The van der Waals surface area contributed by atoms with Crippen molar-refractivity contribution >= 4 is 46.6 Å². The molecule has 5 atom stereocenters. The first kappa shape index (κ1) is 34.0. The van der Waals surface area contributed by atoms with Crippen molar-refractivity contribution in [1.29, 1.82) is 0 Å². The number of ether oxygens (including phenoxy) is 2. The summed E-state index contributed by atoms with van der Waals surface area (Å²) in [5.74, 6) is -2.56. The quantitative estimate of drug-likeness (QED) is 0.364. The Hall–Kier alpha value is -2.83. The maximum Gasteiger partial charge on any atom is 0.251 e. The molecule has 0 unspecified atom stereocenters. The minimum Gasteiger partial charge on any atom is -0.383 e. The Morgan fingerprint density at radius 3 is 2.60 bits per heavy atom. The third-order valence-electron chi connectivity index (χ3n) is 10.9. The van der Waals surface area contributed by atoms with Gasteiger partial charge in [-0.15, -0.1) is 0 Å². The second-order valence-corrected chi connectivity index (χ2v) is 15.0. The molecule has 13 heteroatoms. The van der Waals surface area contributed by atoms with Gasteiger partial charge >= 0.3 is 0 Å². The fourth-order valence-corrected chi connectivity index (χ4v) is 8.60. The normalized spacial score (nSPS) is 29.0. The van der Waals surface area contributed by atoms with Crippen LogP contribution in [0.5, 0.6) is 0 Å². The van der Waals surface area contributed by atoms with Gasteiger partial charge < -0.3 is 25.0 Å². The lowest BCUT2D eigenvalue weighted by Gasteiger charge is -2.50. The third-order valence-corrected chi connectivity index (χ3v) is 11.4. The summed E-state index contributed by atoms with van der Waals surface area (Å²) in [5, 5.41) is 9.94. The van der Waals surface area contributed by atoms with E-state index in [9.17, 15) is 14.4 Å². The van der Waals surface area contributed by atoms with Crippen LogP contribution in [0, 0.1) is 11.2 Å². The Morgan fingerprint density at radius 2 is 1.91 bits per heavy atom. The first-order valence-corrected chi connectivity index (χ1v) is 16.9. The van der Waals surface area contributed by atoms with Crippen LogP contribution in [0.2, 0.25) is 10.2 Å². The van der Waals surface area contributed by atoms with Gasteiger partial charge in [-0.25, -0.2) is 9.37 Å². The molecule has 2 spiro atoms. The number of benzene rings is 1. The fourth-order valence-electron chi connectivity index (χ4n) is 8.26. The Labute approximate surface area is 284 Å². The Balaban J connectivity index is 1.37. The maximum absolute atomic E-state index is 16.1. The Kier molecular flexibility index (Phi) is 9.34. The van der Waals surface area contributed by atoms with E-state index < -0.39 is 34.8 Å². The average Bonchev–Trinajstić information content (AvgIpc) is 3.50. The molecule has 3 amide bonds. The summed E-state index contributed by atoms with van der Waals surface area (Å²) >= 11 is 12.6. The van der Waals surface area contributed by atoms with Gasteiger partial charge in [-0.2, -0.15) is 0 Å². The van der Waals surface area contributed by atoms with E-state index in [0.29, 0.717) is 55.1 Å². The van der Waals surface area contributed by atoms with E-state index in [1.807, 2.05) is 6.07 Å². The highest BCUT2D eigenvalue weighted by Gasteiger charge is 2.73. The molecule has 1 aromatic carbocycles. The second kappa shape index (κ2) is 12.9. The number of carbonyl (C=O) groups excluding carboxylic acids is 3. The zero-order valence-corrected chi connectivity index (χ0v) is 28.6. The molecule has 1 saturated carbocycles. The number of aromatic nitrogens is 1. The predicted octanol–water partition coefficient (Wildman–Crippen LogP) is 4.58. The molecule has 2 saturated heterocycles. The summed E-state index contributed by atoms with van der Waals surface area (Å²) in [6.07, 6.45) is 4.50. The van der Waals surface area contributed by atoms with Crippen LogP contribution in [0.25, 0.3) is 0 Å². The second-order valence-electron chi connectivity index (χ2n) is 14.2.